The van der Waals surface area contributed by atoms with Crippen molar-refractivity contribution in [3.63, 3.8) is 0 Å². The van der Waals surface area contributed by atoms with Crippen molar-refractivity contribution in [2.45, 2.75) is 24.3 Å². The fraction of sp³-hybridized carbons (Fsp3) is 0.214. The van der Waals surface area contributed by atoms with Crippen molar-refractivity contribution in [3.8, 4) is 6.07 Å². The second kappa shape index (κ2) is 6.18. The van der Waals surface area contributed by atoms with Crippen LogP contribution in [0, 0.1) is 11.3 Å². The molecule has 2 aromatic rings. The molecule has 0 aliphatic rings. The first kappa shape index (κ1) is 14.7. The Bertz CT molecular complexity index is 699. The summed E-state index contributed by atoms with van der Waals surface area (Å²) < 4.78 is 27.0. The summed E-state index contributed by atoms with van der Waals surface area (Å²) in [5.41, 5.74) is 1.56. The summed E-state index contributed by atoms with van der Waals surface area (Å²) in [5, 5.41) is 12.7. The van der Waals surface area contributed by atoms with Gasteiger partial charge in [-0.2, -0.15) is 16.6 Å². The maximum atomic E-state index is 12.2. The third-order valence-electron chi connectivity index (χ3n) is 2.77. The van der Waals surface area contributed by atoms with E-state index in [1.165, 1.54) is 24.3 Å². The first-order chi connectivity index (χ1) is 9.51. The van der Waals surface area contributed by atoms with Crippen LogP contribution in [-0.4, -0.2) is 14.5 Å². The highest BCUT2D eigenvalue weighted by atomic mass is 32.2. The Labute approximate surface area is 122 Å². The van der Waals surface area contributed by atoms with Crippen molar-refractivity contribution in [3.05, 3.63) is 52.2 Å². The SMILES string of the molecule is CC(Cc1ccsc1)NS(=O)(=O)c1ccc(C#N)cc1. The van der Waals surface area contributed by atoms with Gasteiger partial charge in [0.25, 0.3) is 0 Å². The molecule has 1 atom stereocenters. The first-order valence-corrected chi connectivity index (χ1v) is 8.47. The Kier molecular flexibility index (Phi) is 4.55. The molecule has 0 aliphatic carbocycles. The highest BCUT2D eigenvalue weighted by Gasteiger charge is 2.17. The Morgan fingerprint density at radius 3 is 2.55 bits per heavy atom. The van der Waals surface area contributed by atoms with Crippen LogP contribution >= 0.6 is 11.3 Å². The van der Waals surface area contributed by atoms with Gasteiger partial charge in [0.15, 0.2) is 0 Å². The lowest BCUT2D eigenvalue weighted by molar-refractivity contribution is 0.560. The van der Waals surface area contributed by atoms with E-state index in [9.17, 15) is 8.42 Å². The topological polar surface area (TPSA) is 70.0 Å². The molecule has 1 heterocycles. The summed E-state index contributed by atoms with van der Waals surface area (Å²) in [5.74, 6) is 0. The van der Waals surface area contributed by atoms with Gasteiger partial charge in [0.05, 0.1) is 16.5 Å². The van der Waals surface area contributed by atoms with Crippen molar-refractivity contribution in [1.29, 1.82) is 5.26 Å². The van der Waals surface area contributed by atoms with Crippen LogP contribution in [0.2, 0.25) is 0 Å². The van der Waals surface area contributed by atoms with Gasteiger partial charge in [-0.25, -0.2) is 13.1 Å². The van der Waals surface area contributed by atoms with Crippen LogP contribution in [0.4, 0.5) is 0 Å². The molecule has 20 heavy (non-hydrogen) atoms. The van der Waals surface area contributed by atoms with Gasteiger partial charge in [0.2, 0.25) is 10.0 Å². The molecule has 1 aromatic heterocycles. The van der Waals surface area contributed by atoms with Gasteiger partial charge in [0, 0.05) is 6.04 Å². The Hall–Kier alpha value is -1.68. The van der Waals surface area contributed by atoms with Crippen molar-refractivity contribution < 1.29 is 8.42 Å². The second-order valence-electron chi connectivity index (χ2n) is 4.49. The van der Waals surface area contributed by atoms with Crippen LogP contribution in [-0.2, 0) is 16.4 Å². The quantitative estimate of drug-likeness (QED) is 0.923. The molecule has 0 saturated heterocycles. The van der Waals surface area contributed by atoms with Crippen molar-refractivity contribution >= 4 is 21.4 Å². The fourth-order valence-corrected chi connectivity index (χ4v) is 3.77. The number of hydrogen-bond acceptors (Lipinski definition) is 4. The molecule has 104 valence electrons. The number of sulfonamides is 1. The van der Waals surface area contributed by atoms with E-state index >= 15 is 0 Å². The third kappa shape index (κ3) is 3.67. The summed E-state index contributed by atoms with van der Waals surface area (Å²) in [4.78, 5) is 0.175. The molecule has 1 unspecified atom stereocenters. The number of benzene rings is 1. The Balaban J connectivity index is 2.08. The molecule has 1 aromatic carbocycles. The number of nitriles is 1. The van der Waals surface area contributed by atoms with Crippen LogP contribution in [0.3, 0.4) is 0 Å². The highest BCUT2D eigenvalue weighted by molar-refractivity contribution is 7.89. The molecule has 0 amide bonds. The molecule has 0 fully saturated rings. The molecule has 2 rings (SSSR count). The number of nitrogens with one attached hydrogen (secondary N) is 1. The first-order valence-electron chi connectivity index (χ1n) is 6.05. The van der Waals surface area contributed by atoms with Crippen molar-refractivity contribution in [2.24, 2.45) is 0 Å². The molecular formula is C14H14N2O2S2. The van der Waals surface area contributed by atoms with Gasteiger partial charge < -0.3 is 0 Å². The average Bonchev–Trinajstić information content (AvgIpc) is 2.91. The van der Waals surface area contributed by atoms with Crippen molar-refractivity contribution in [1.82, 2.24) is 4.72 Å². The molecule has 0 saturated carbocycles. The second-order valence-corrected chi connectivity index (χ2v) is 6.99. The van der Waals surface area contributed by atoms with E-state index in [1.54, 1.807) is 11.3 Å². The minimum atomic E-state index is -3.54. The predicted molar refractivity (Wildman–Crippen MR) is 79.0 cm³/mol. The Morgan fingerprint density at radius 2 is 2.00 bits per heavy atom. The smallest absolute Gasteiger partial charge is 0.208 e. The molecule has 0 spiro atoms. The van der Waals surface area contributed by atoms with Crippen LogP contribution in [0.15, 0.2) is 46.0 Å². The zero-order valence-corrected chi connectivity index (χ0v) is 12.5. The lowest BCUT2D eigenvalue weighted by Gasteiger charge is -2.13. The molecular weight excluding hydrogens is 292 g/mol. The largest absolute Gasteiger partial charge is 0.240 e. The van der Waals surface area contributed by atoms with Gasteiger partial charge in [-0.1, -0.05) is 0 Å². The number of hydrogen-bond donors (Lipinski definition) is 1. The van der Waals surface area contributed by atoms with E-state index in [1.807, 2.05) is 29.8 Å². The molecule has 0 bridgehead atoms. The van der Waals surface area contributed by atoms with E-state index in [4.69, 9.17) is 5.26 Å². The number of nitrogens with zero attached hydrogens (tertiary/aromatic N) is 1. The minimum absolute atomic E-state index is 0.175. The zero-order valence-electron chi connectivity index (χ0n) is 10.9. The summed E-state index contributed by atoms with van der Waals surface area (Å²) in [6.07, 6.45) is 0.652. The number of rotatable bonds is 5. The maximum Gasteiger partial charge on any atom is 0.240 e. The standard InChI is InChI=1S/C14H14N2O2S2/c1-11(8-13-6-7-19-10-13)16-20(17,18)14-4-2-12(9-15)3-5-14/h2-7,10-11,16H,8H2,1H3. The normalized spacial score (nSPS) is 12.8. The summed E-state index contributed by atoms with van der Waals surface area (Å²) in [6.45, 7) is 1.83. The maximum absolute atomic E-state index is 12.2. The molecule has 4 nitrogen and oxygen atoms in total. The predicted octanol–water partition coefficient (Wildman–Crippen LogP) is 2.53. The fourth-order valence-electron chi connectivity index (χ4n) is 1.85. The van der Waals surface area contributed by atoms with Gasteiger partial charge in [-0.05, 0) is 60.0 Å². The van der Waals surface area contributed by atoms with Crippen LogP contribution in [0.5, 0.6) is 0 Å². The summed E-state index contributed by atoms with van der Waals surface area (Å²) in [6, 6.07) is 9.64. The van der Waals surface area contributed by atoms with E-state index in [0.29, 0.717) is 12.0 Å². The van der Waals surface area contributed by atoms with Gasteiger partial charge in [-0.15, -0.1) is 0 Å². The van der Waals surface area contributed by atoms with Crippen molar-refractivity contribution in [2.75, 3.05) is 0 Å². The van der Waals surface area contributed by atoms with Gasteiger partial charge >= 0.3 is 0 Å². The van der Waals surface area contributed by atoms with E-state index in [0.717, 1.165) is 5.56 Å². The summed E-state index contributed by atoms with van der Waals surface area (Å²) >= 11 is 1.59. The van der Waals surface area contributed by atoms with Crippen LogP contribution in [0.1, 0.15) is 18.1 Å². The van der Waals surface area contributed by atoms with E-state index in [2.05, 4.69) is 4.72 Å². The van der Waals surface area contributed by atoms with E-state index in [-0.39, 0.29) is 10.9 Å². The summed E-state index contributed by atoms with van der Waals surface area (Å²) in [7, 11) is -3.54. The monoisotopic (exact) mass is 306 g/mol. The molecule has 6 heteroatoms. The lowest BCUT2D eigenvalue weighted by Crippen LogP contribution is -2.34. The minimum Gasteiger partial charge on any atom is -0.208 e. The molecule has 1 N–H and O–H groups in total. The van der Waals surface area contributed by atoms with Crippen LogP contribution < -0.4 is 4.72 Å². The van der Waals surface area contributed by atoms with Gasteiger partial charge in [0.1, 0.15) is 0 Å². The number of thiophene rings is 1. The Morgan fingerprint density at radius 1 is 1.30 bits per heavy atom. The van der Waals surface area contributed by atoms with E-state index < -0.39 is 10.0 Å². The van der Waals surface area contributed by atoms with Crippen LogP contribution in [0.25, 0.3) is 0 Å². The van der Waals surface area contributed by atoms with Gasteiger partial charge in [-0.3, -0.25) is 0 Å². The average molecular weight is 306 g/mol. The zero-order chi connectivity index (χ0) is 14.6. The molecule has 0 aliphatic heterocycles. The lowest BCUT2D eigenvalue weighted by atomic mass is 10.1. The highest BCUT2D eigenvalue weighted by Crippen LogP contribution is 2.13. The third-order valence-corrected chi connectivity index (χ3v) is 5.11. The molecule has 0 radical (unpaired) electrons.